The van der Waals surface area contributed by atoms with Gasteiger partial charge in [0.05, 0.1) is 0 Å². The number of carbonyl (C=O) groups excluding carboxylic acids is 1. The molecule has 0 bridgehead atoms. The number of ketones is 1. The third kappa shape index (κ3) is 1.60. The molecule has 3 aromatic rings. The van der Waals surface area contributed by atoms with Crippen molar-refractivity contribution in [2.45, 2.75) is 13.3 Å². The number of benzene rings is 3. The van der Waals surface area contributed by atoms with Crippen LogP contribution in [-0.4, -0.2) is 5.78 Å². The Bertz CT molecular complexity index is 741. The van der Waals surface area contributed by atoms with Crippen LogP contribution < -0.4 is 0 Å². The van der Waals surface area contributed by atoms with Crippen LogP contribution in [0.2, 0.25) is 0 Å². The summed E-state index contributed by atoms with van der Waals surface area (Å²) in [5, 5.41) is 4.64. The van der Waals surface area contributed by atoms with Gasteiger partial charge in [-0.1, -0.05) is 61.5 Å². The average molecular weight is 234 g/mol. The number of Topliss-reactive ketones (excluding diaryl/α,β-unsaturated/α-hetero) is 1. The maximum atomic E-state index is 12.0. The molecule has 0 aromatic heterocycles. The van der Waals surface area contributed by atoms with Crippen molar-refractivity contribution in [3.63, 3.8) is 0 Å². The number of hydrogen-bond acceptors (Lipinski definition) is 1. The van der Waals surface area contributed by atoms with Crippen LogP contribution in [0, 0.1) is 0 Å². The molecule has 0 saturated heterocycles. The first-order chi connectivity index (χ1) is 8.81. The zero-order valence-corrected chi connectivity index (χ0v) is 10.3. The lowest BCUT2D eigenvalue weighted by molar-refractivity contribution is 0.0990. The molecule has 1 heteroatoms. The van der Waals surface area contributed by atoms with Gasteiger partial charge < -0.3 is 0 Å². The predicted octanol–water partition coefficient (Wildman–Crippen LogP) is 4.59. The highest BCUT2D eigenvalue weighted by Gasteiger charge is 2.09. The van der Waals surface area contributed by atoms with E-state index in [0.717, 1.165) is 16.3 Å². The van der Waals surface area contributed by atoms with Crippen molar-refractivity contribution >= 4 is 27.3 Å². The predicted molar refractivity (Wildman–Crippen MR) is 76.1 cm³/mol. The van der Waals surface area contributed by atoms with Gasteiger partial charge in [0.15, 0.2) is 5.78 Å². The molecule has 1 nitrogen and oxygen atoms in total. The second-order valence-corrected chi connectivity index (χ2v) is 4.46. The molecule has 88 valence electrons. The van der Waals surface area contributed by atoms with E-state index >= 15 is 0 Å². The van der Waals surface area contributed by atoms with Crippen LogP contribution in [0.4, 0.5) is 0 Å². The van der Waals surface area contributed by atoms with E-state index in [1.807, 2.05) is 31.2 Å². The summed E-state index contributed by atoms with van der Waals surface area (Å²) in [6, 6.07) is 18.4. The van der Waals surface area contributed by atoms with Gasteiger partial charge in [0.2, 0.25) is 0 Å². The van der Waals surface area contributed by atoms with Crippen LogP contribution in [-0.2, 0) is 0 Å². The van der Waals surface area contributed by atoms with Gasteiger partial charge in [0.25, 0.3) is 0 Å². The van der Waals surface area contributed by atoms with Gasteiger partial charge in [-0.25, -0.2) is 0 Å². The maximum Gasteiger partial charge on any atom is 0.163 e. The fraction of sp³-hybridized carbons (Fsp3) is 0.118. The molecule has 0 radical (unpaired) electrons. The summed E-state index contributed by atoms with van der Waals surface area (Å²) >= 11 is 0. The van der Waals surface area contributed by atoms with E-state index in [2.05, 4.69) is 30.3 Å². The molecular formula is C17H14O. The molecule has 0 N–H and O–H groups in total. The topological polar surface area (TPSA) is 17.1 Å². The quantitative estimate of drug-likeness (QED) is 0.468. The minimum absolute atomic E-state index is 0.205. The SMILES string of the molecule is CCC(=O)c1cccc2c1ccc1ccccc12. The molecule has 0 amide bonds. The Hall–Kier alpha value is -2.15. The molecule has 0 spiro atoms. The fourth-order valence-corrected chi connectivity index (χ4v) is 2.47. The second-order valence-electron chi connectivity index (χ2n) is 4.46. The van der Waals surface area contributed by atoms with Crippen molar-refractivity contribution in [1.29, 1.82) is 0 Å². The third-order valence-electron chi connectivity index (χ3n) is 3.41. The monoisotopic (exact) mass is 234 g/mol. The Kier molecular flexibility index (Phi) is 2.60. The van der Waals surface area contributed by atoms with Crippen LogP contribution in [0.5, 0.6) is 0 Å². The van der Waals surface area contributed by atoms with Gasteiger partial charge in [0.1, 0.15) is 0 Å². The molecule has 0 aliphatic rings. The van der Waals surface area contributed by atoms with Crippen molar-refractivity contribution in [2.24, 2.45) is 0 Å². The summed E-state index contributed by atoms with van der Waals surface area (Å²) in [6.07, 6.45) is 0.548. The van der Waals surface area contributed by atoms with E-state index in [1.54, 1.807) is 0 Å². The average Bonchev–Trinajstić information content (AvgIpc) is 2.45. The van der Waals surface area contributed by atoms with Crippen LogP contribution in [0.25, 0.3) is 21.5 Å². The van der Waals surface area contributed by atoms with Gasteiger partial charge in [-0.05, 0) is 21.5 Å². The van der Waals surface area contributed by atoms with Crippen molar-refractivity contribution < 1.29 is 4.79 Å². The third-order valence-corrected chi connectivity index (χ3v) is 3.41. The van der Waals surface area contributed by atoms with E-state index in [-0.39, 0.29) is 5.78 Å². The first kappa shape index (κ1) is 11.0. The van der Waals surface area contributed by atoms with Crippen molar-refractivity contribution in [3.8, 4) is 0 Å². The highest BCUT2D eigenvalue weighted by atomic mass is 16.1. The first-order valence-corrected chi connectivity index (χ1v) is 6.25. The largest absolute Gasteiger partial charge is 0.294 e. The van der Waals surface area contributed by atoms with E-state index < -0.39 is 0 Å². The second kappa shape index (κ2) is 4.26. The molecule has 3 rings (SSSR count). The van der Waals surface area contributed by atoms with Crippen LogP contribution in [0.1, 0.15) is 23.7 Å². The summed E-state index contributed by atoms with van der Waals surface area (Å²) in [4.78, 5) is 12.0. The Morgan fingerprint density at radius 3 is 2.44 bits per heavy atom. The molecule has 0 saturated carbocycles. The maximum absolute atomic E-state index is 12.0. The smallest absolute Gasteiger partial charge is 0.163 e. The Balaban J connectivity index is 2.43. The van der Waals surface area contributed by atoms with Gasteiger partial charge in [-0.2, -0.15) is 0 Å². The summed E-state index contributed by atoms with van der Waals surface area (Å²) < 4.78 is 0. The van der Waals surface area contributed by atoms with Gasteiger partial charge >= 0.3 is 0 Å². The van der Waals surface area contributed by atoms with E-state index in [0.29, 0.717) is 6.42 Å². The summed E-state index contributed by atoms with van der Waals surface area (Å²) in [6.45, 7) is 1.90. The molecule has 3 aromatic carbocycles. The summed E-state index contributed by atoms with van der Waals surface area (Å²) in [5.74, 6) is 0.205. The van der Waals surface area contributed by atoms with E-state index in [4.69, 9.17) is 0 Å². The molecular weight excluding hydrogens is 220 g/mol. The normalized spacial score (nSPS) is 10.9. The molecule has 0 unspecified atom stereocenters. The molecule has 0 aliphatic carbocycles. The zero-order chi connectivity index (χ0) is 12.5. The van der Waals surface area contributed by atoms with E-state index in [1.165, 1.54) is 10.8 Å². The first-order valence-electron chi connectivity index (χ1n) is 6.25. The van der Waals surface area contributed by atoms with E-state index in [9.17, 15) is 4.79 Å². The Labute approximate surface area is 106 Å². The number of rotatable bonds is 2. The Morgan fingerprint density at radius 1 is 0.833 bits per heavy atom. The highest BCUT2D eigenvalue weighted by molar-refractivity contribution is 6.15. The van der Waals surface area contributed by atoms with Crippen molar-refractivity contribution in [1.82, 2.24) is 0 Å². The number of hydrogen-bond donors (Lipinski definition) is 0. The highest BCUT2D eigenvalue weighted by Crippen LogP contribution is 2.28. The zero-order valence-electron chi connectivity index (χ0n) is 10.3. The van der Waals surface area contributed by atoms with Gasteiger partial charge in [-0.15, -0.1) is 0 Å². The number of carbonyl (C=O) groups is 1. The standard InChI is InChI=1S/C17H14O/c1-2-17(18)16-9-5-8-14-13-7-4-3-6-12(13)10-11-15(14)16/h3-11H,2H2,1H3. The van der Waals surface area contributed by atoms with Gasteiger partial charge in [0, 0.05) is 12.0 Å². The molecule has 0 atom stereocenters. The minimum Gasteiger partial charge on any atom is -0.294 e. The molecule has 0 aliphatic heterocycles. The number of fused-ring (bicyclic) bond motifs is 3. The summed E-state index contributed by atoms with van der Waals surface area (Å²) in [7, 11) is 0. The fourth-order valence-electron chi connectivity index (χ4n) is 2.47. The van der Waals surface area contributed by atoms with Crippen LogP contribution >= 0.6 is 0 Å². The van der Waals surface area contributed by atoms with Crippen LogP contribution in [0.15, 0.2) is 54.6 Å². The summed E-state index contributed by atoms with van der Waals surface area (Å²) in [5.41, 5.74) is 0.834. The van der Waals surface area contributed by atoms with Gasteiger partial charge in [-0.3, -0.25) is 4.79 Å². The lowest BCUT2D eigenvalue weighted by Gasteiger charge is -2.07. The van der Waals surface area contributed by atoms with Crippen molar-refractivity contribution in [3.05, 3.63) is 60.2 Å². The molecule has 18 heavy (non-hydrogen) atoms. The minimum atomic E-state index is 0.205. The van der Waals surface area contributed by atoms with Crippen molar-refractivity contribution in [2.75, 3.05) is 0 Å². The lowest BCUT2D eigenvalue weighted by atomic mass is 9.96. The van der Waals surface area contributed by atoms with Crippen LogP contribution in [0.3, 0.4) is 0 Å². The molecule has 0 heterocycles. The Morgan fingerprint density at radius 2 is 1.61 bits per heavy atom. The molecule has 0 fully saturated rings. The lowest BCUT2D eigenvalue weighted by Crippen LogP contribution is -1.97.